The van der Waals surface area contributed by atoms with Crippen molar-refractivity contribution in [2.24, 2.45) is 0 Å². The maximum Gasteiger partial charge on any atom is 0.243 e. The molecule has 308 valence electrons. The molecule has 4 aliphatic heterocycles. The number of carbonyl (C=O) groups is 1. The van der Waals surface area contributed by atoms with Gasteiger partial charge in [0.05, 0.1) is 45.7 Å². The smallest absolute Gasteiger partial charge is 0.243 e. The summed E-state index contributed by atoms with van der Waals surface area (Å²) in [5.41, 5.74) is 0.808. The van der Waals surface area contributed by atoms with E-state index in [4.69, 9.17) is 38.0 Å². The molecule has 54 heavy (non-hydrogen) atoms. The maximum atomic E-state index is 13.0. The van der Waals surface area contributed by atoms with Gasteiger partial charge in [0.15, 0.2) is 18.9 Å². The lowest BCUT2D eigenvalue weighted by Crippen LogP contribution is -2.67. The summed E-state index contributed by atoms with van der Waals surface area (Å²) in [6.45, 7) is -2.31. The summed E-state index contributed by atoms with van der Waals surface area (Å²) < 4.78 is 39.7. The molecule has 4 saturated heterocycles. The number of amides is 1. The number of aliphatic hydroxyl groups excluding tert-OH is 11. The lowest BCUT2D eigenvalue weighted by Gasteiger charge is -2.48. The van der Waals surface area contributed by atoms with Crippen molar-refractivity contribution in [3.05, 3.63) is 35.9 Å². The van der Waals surface area contributed by atoms with E-state index >= 15 is 0 Å². The Bertz CT molecular complexity index is 1300. The van der Waals surface area contributed by atoms with Crippen LogP contribution in [-0.2, 0) is 49.4 Å². The first-order valence-corrected chi connectivity index (χ1v) is 17.5. The van der Waals surface area contributed by atoms with Gasteiger partial charge < -0.3 is 89.3 Å². The normalized spacial score (nSPS) is 43.1. The standard InChI is InChI=1S/C33H51NO20/c1-14(39)34(16-13-47-22(11-38)29(23(16)41)53-32-27(45)26(44)24(42)20(9-36)51-32)54-30-25(43)21(10-37)52-33(28(30)46)49-18-7-17(40)31(50-19(18)8-35)48-12-15-5-3-2-4-6-15/h2-6,16-33,35-38,40-46H,7-13H2,1H3/t16?,17?,18-,19?,20?,21?,22?,23?,24-,25-,26?,27?,28?,29+,30?,31+,32-,33+/m0/s1. The summed E-state index contributed by atoms with van der Waals surface area (Å²) in [5, 5.41) is 116. The molecule has 11 unspecified atom stereocenters. The number of ether oxygens (including phenoxy) is 7. The van der Waals surface area contributed by atoms with Crippen molar-refractivity contribution in [3.8, 4) is 0 Å². The topological polar surface area (TPSA) is 317 Å². The van der Waals surface area contributed by atoms with Crippen LogP contribution < -0.4 is 0 Å². The monoisotopic (exact) mass is 781 g/mol. The average molecular weight is 782 g/mol. The minimum Gasteiger partial charge on any atom is -0.394 e. The Balaban J connectivity index is 1.28. The van der Waals surface area contributed by atoms with Crippen molar-refractivity contribution in [2.45, 2.75) is 130 Å². The molecule has 21 heteroatoms. The van der Waals surface area contributed by atoms with E-state index in [0.717, 1.165) is 12.5 Å². The molecule has 4 aliphatic rings. The van der Waals surface area contributed by atoms with Crippen molar-refractivity contribution < 1.29 is 99.0 Å². The molecule has 4 fully saturated rings. The molecule has 11 N–H and O–H groups in total. The fraction of sp³-hybridized carbons (Fsp3) is 0.788. The van der Waals surface area contributed by atoms with Crippen LogP contribution in [-0.4, -0.2) is 211 Å². The van der Waals surface area contributed by atoms with Crippen molar-refractivity contribution in [1.82, 2.24) is 5.06 Å². The van der Waals surface area contributed by atoms with E-state index in [-0.39, 0.29) is 13.0 Å². The van der Waals surface area contributed by atoms with E-state index in [2.05, 4.69) is 0 Å². The highest BCUT2D eigenvalue weighted by Crippen LogP contribution is 2.33. The number of rotatable bonds is 14. The maximum absolute atomic E-state index is 13.0. The molecule has 21 nitrogen and oxygen atoms in total. The fourth-order valence-corrected chi connectivity index (χ4v) is 6.76. The molecule has 0 aromatic heterocycles. The molecule has 0 spiro atoms. The Hall–Kier alpha value is -2.07. The molecule has 1 aromatic rings. The molecule has 18 atom stereocenters. The first kappa shape index (κ1) is 43.1. The molecule has 0 bridgehead atoms. The molecular weight excluding hydrogens is 730 g/mol. The van der Waals surface area contributed by atoms with E-state index in [1.165, 1.54) is 0 Å². The molecule has 5 rings (SSSR count). The van der Waals surface area contributed by atoms with Gasteiger partial charge in [0.1, 0.15) is 85.4 Å². The number of nitrogens with zero attached hydrogens (tertiary/aromatic N) is 1. The van der Waals surface area contributed by atoms with Gasteiger partial charge >= 0.3 is 0 Å². The Kier molecular flexibility index (Phi) is 15.5. The van der Waals surface area contributed by atoms with Crippen molar-refractivity contribution in [3.63, 3.8) is 0 Å². The van der Waals surface area contributed by atoms with Crippen LogP contribution in [0.1, 0.15) is 18.9 Å². The van der Waals surface area contributed by atoms with Crippen LogP contribution in [0.3, 0.4) is 0 Å². The van der Waals surface area contributed by atoms with Crippen molar-refractivity contribution in [1.29, 1.82) is 0 Å². The molecule has 4 heterocycles. The van der Waals surface area contributed by atoms with Crippen LogP contribution in [0.4, 0.5) is 0 Å². The summed E-state index contributed by atoms with van der Waals surface area (Å²) in [4.78, 5) is 18.8. The summed E-state index contributed by atoms with van der Waals surface area (Å²) in [6.07, 6.45) is -26.7. The average Bonchev–Trinajstić information content (AvgIpc) is 3.16. The van der Waals surface area contributed by atoms with Crippen LogP contribution in [0.5, 0.6) is 0 Å². The minimum atomic E-state index is -1.92. The zero-order chi connectivity index (χ0) is 39.3. The number of aliphatic hydroxyl groups is 11. The lowest BCUT2D eigenvalue weighted by atomic mass is 9.96. The summed E-state index contributed by atoms with van der Waals surface area (Å²) in [6, 6.07) is 7.60. The van der Waals surface area contributed by atoms with E-state index in [1.807, 2.05) is 30.3 Å². The fourth-order valence-electron chi connectivity index (χ4n) is 6.76. The first-order chi connectivity index (χ1) is 25.8. The van der Waals surface area contributed by atoms with Crippen molar-refractivity contribution in [2.75, 3.05) is 33.0 Å². The van der Waals surface area contributed by atoms with Crippen LogP contribution in [0.25, 0.3) is 0 Å². The number of benzene rings is 1. The lowest BCUT2D eigenvalue weighted by molar-refractivity contribution is -0.372. The highest BCUT2D eigenvalue weighted by molar-refractivity contribution is 5.72. The Morgan fingerprint density at radius 1 is 0.685 bits per heavy atom. The predicted octanol–water partition coefficient (Wildman–Crippen LogP) is -6.05. The van der Waals surface area contributed by atoms with E-state index < -0.39 is 149 Å². The molecule has 0 radical (unpaired) electrons. The zero-order valence-corrected chi connectivity index (χ0v) is 29.3. The molecular formula is C33H51NO20. The third-order valence-corrected chi connectivity index (χ3v) is 9.82. The van der Waals surface area contributed by atoms with E-state index in [9.17, 15) is 61.0 Å². The van der Waals surface area contributed by atoms with Gasteiger partial charge in [0.2, 0.25) is 5.91 Å². The Morgan fingerprint density at radius 2 is 1.28 bits per heavy atom. The second-order valence-electron chi connectivity index (χ2n) is 13.5. The van der Waals surface area contributed by atoms with Crippen LogP contribution in [0.15, 0.2) is 30.3 Å². The minimum absolute atomic E-state index is 0.0977. The van der Waals surface area contributed by atoms with Gasteiger partial charge in [-0.15, -0.1) is 0 Å². The highest BCUT2D eigenvalue weighted by atomic mass is 16.8. The summed E-state index contributed by atoms with van der Waals surface area (Å²) >= 11 is 0. The first-order valence-electron chi connectivity index (χ1n) is 17.5. The third-order valence-electron chi connectivity index (χ3n) is 9.82. The van der Waals surface area contributed by atoms with Gasteiger partial charge in [-0.25, -0.2) is 5.06 Å². The predicted molar refractivity (Wildman–Crippen MR) is 173 cm³/mol. The third kappa shape index (κ3) is 9.54. The van der Waals surface area contributed by atoms with Crippen LogP contribution in [0.2, 0.25) is 0 Å². The summed E-state index contributed by atoms with van der Waals surface area (Å²) in [7, 11) is 0. The van der Waals surface area contributed by atoms with Gasteiger partial charge in [0.25, 0.3) is 0 Å². The number of hydroxylamine groups is 2. The van der Waals surface area contributed by atoms with E-state index in [0.29, 0.717) is 5.06 Å². The Morgan fingerprint density at radius 3 is 1.89 bits per heavy atom. The van der Waals surface area contributed by atoms with Gasteiger partial charge in [-0.2, -0.15) is 0 Å². The molecule has 0 saturated carbocycles. The molecule has 1 aromatic carbocycles. The molecule has 1 amide bonds. The van der Waals surface area contributed by atoms with E-state index in [1.54, 1.807) is 0 Å². The van der Waals surface area contributed by atoms with Gasteiger partial charge in [-0.3, -0.25) is 9.63 Å². The number of carbonyl (C=O) groups excluding carboxylic acids is 1. The second kappa shape index (κ2) is 19.4. The highest BCUT2D eigenvalue weighted by Gasteiger charge is 2.53. The van der Waals surface area contributed by atoms with Crippen LogP contribution in [0, 0.1) is 0 Å². The SMILES string of the molecule is CC(=O)N(OC1C(O)[C@H](O[C@H]2CC(O)[C@H](OCc3ccccc3)OC2CO)OC(CO)[C@@H]1O)C1COC(CO)[C@@H](O[C@@H]2OC(CO)[C@H](O)C(O)C2O)C1O. The second-order valence-corrected chi connectivity index (χ2v) is 13.5. The quantitative estimate of drug-likeness (QED) is 0.0783. The molecule has 0 aliphatic carbocycles. The Labute approximate surface area is 309 Å². The van der Waals surface area contributed by atoms with Crippen LogP contribution >= 0.6 is 0 Å². The zero-order valence-electron chi connectivity index (χ0n) is 29.3. The number of hydrogen-bond acceptors (Lipinski definition) is 20. The van der Waals surface area contributed by atoms with Gasteiger partial charge in [-0.05, 0) is 5.56 Å². The largest absolute Gasteiger partial charge is 0.394 e. The van der Waals surface area contributed by atoms with Crippen molar-refractivity contribution >= 4 is 5.91 Å². The number of hydrogen-bond donors (Lipinski definition) is 11. The van der Waals surface area contributed by atoms with Gasteiger partial charge in [0, 0.05) is 13.3 Å². The van der Waals surface area contributed by atoms with Gasteiger partial charge in [-0.1, -0.05) is 30.3 Å². The summed E-state index contributed by atoms with van der Waals surface area (Å²) in [5.74, 6) is -0.883.